The number of imidazole rings is 1. The molecule has 0 aliphatic rings. The highest BCUT2D eigenvalue weighted by molar-refractivity contribution is 7.99. The molecule has 0 spiro atoms. The van der Waals surface area contributed by atoms with Gasteiger partial charge in [-0.1, -0.05) is 23.4 Å². The number of carbonyl (C=O) groups excluding carboxylic acids is 2. The molecule has 0 bridgehead atoms. The van der Waals surface area contributed by atoms with Crippen LogP contribution in [0.25, 0.3) is 0 Å². The summed E-state index contributed by atoms with van der Waals surface area (Å²) < 4.78 is 6.46. The van der Waals surface area contributed by atoms with E-state index in [1.807, 2.05) is 11.6 Å². The average molecular weight is 340 g/mol. The molecule has 0 saturated carbocycles. The lowest BCUT2D eigenvalue weighted by molar-refractivity contribution is -0.113. The van der Waals surface area contributed by atoms with Crippen LogP contribution in [0.4, 0.5) is 5.69 Å². The fourth-order valence-corrected chi connectivity index (χ4v) is 2.57. The summed E-state index contributed by atoms with van der Waals surface area (Å²) >= 11 is 7.33. The Morgan fingerprint density at radius 2 is 2.23 bits per heavy atom. The minimum atomic E-state index is -0.491. The molecule has 116 valence electrons. The molecule has 0 aliphatic carbocycles. The number of aryl methyl sites for hydroxylation is 1. The molecule has 0 unspecified atom stereocenters. The van der Waals surface area contributed by atoms with Gasteiger partial charge in [0, 0.05) is 19.4 Å². The number of anilines is 1. The Balaban J connectivity index is 2.01. The van der Waals surface area contributed by atoms with Crippen LogP contribution in [0.2, 0.25) is 5.02 Å². The van der Waals surface area contributed by atoms with Crippen molar-refractivity contribution in [1.29, 1.82) is 0 Å². The first kappa shape index (κ1) is 16.4. The van der Waals surface area contributed by atoms with Gasteiger partial charge in [-0.15, -0.1) is 0 Å². The minimum Gasteiger partial charge on any atom is -0.465 e. The Kier molecular flexibility index (Phi) is 5.46. The molecule has 8 heteroatoms. The van der Waals surface area contributed by atoms with Gasteiger partial charge in [0.05, 0.1) is 29.1 Å². The number of halogens is 1. The largest absolute Gasteiger partial charge is 0.465 e. The number of ether oxygens (including phenoxy) is 1. The van der Waals surface area contributed by atoms with Crippen molar-refractivity contribution in [2.45, 2.75) is 5.16 Å². The number of nitrogens with zero attached hydrogens (tertiary/aromatic N) is 2. The lowest BCUT2D eigenvalue weighted by atomic mass is 10.2. The maximum absolute atomic E-state index is 12.0. The summed E-state index contributed by atoms with van der Waals surface area (Å²) in [5, 5.41) is 3.77. The molecule has 1 N–H and O–H groups in total. The van der Waals surface area contributed by atoms with Gasteiger partial charge in [0.2, 0.25) is 5.91 Å². The van der Waals surface area contributed by atoms with E-state index >= 15 is 0 Å². The highest BCUT2D eigenvalue weighted by Crippen LogP contribution is 2.24. The van der Waals surface area contributed by atoms with E-state index in [0.717, 1.165) is 5.16 Å². The van der Waals surface area contributed by atoms with Gasteiger partial charge in [-0.05, 0) is 18.2 Å². The predicted molar refractivity (Wildman–Crippen MR) is 85.4 cm³/mol. The summed E-state index contributed by atoms with van der Waals surface area (Å²) in [6.07, 6.45) is 3.47. The molecule has 1 aromatic heterocycles. The minimum absolute atomic E-state index is 0.184. The fraction of sp³-hybridized carbons (Fsp3) is 0.214. The lowest BCUT2D eigenvalue weighted by Gasteiger charge is -2.09. The number of benzene rings is 1. The number of carbonyl (C=O) groups is 2. The zero-order chi connectivity index (χ0) is 16.1. The van der Waals surface area contributed by atoms with Crippen LogP contribution in [0, 0.1) is 0 Å². The van der Waals surface area contributed by atoms with Crippen LogP contribution in [0.5, 0.6) is 0 Å². The Morgan fingerprint density at radius 3 is 2.86 bits per heavy atom. The van der Waals surface area contributed by atoms with Gasteiger partial charge in [0.15, 0.2) is 5.16 Å². The molecule has 2 rings (SSSR count). The van der Waals surface area contributed by atoms with E-state index in [2.05, 4.69) is 15.0 Å². The van der Waals surface area contributed by atoms with Gasteiger partial charge in [-0.3, -0.25) is 4.79 Å². The van der Waals surface area contributed by atoms with Crippen LogP contribution in [-0.2, 0) is 16.6 Å². The number of amides is 1. The normalized spacial score (nSPS) is 10.3. The van der Waals surface area contributed by atoms with Gasteiger partial charge >= 0.3 is 5.97 Å². The average Bonchev–Trinajstić information content (AvgIpc) is 2.92. The zero-order valence-electron chi connectivity index (χ0n) is 12.0. The molecule has 2 aromatic rings. The Morgan fingerprint density at radius 1 is 1.45 bits per heavy atom. The quantitative estimate of drug-likeness (QED) is 0.669. The first-order valence-electron chi connectivity index (χ1n) is 6.29. The predicted octanol–water partition coefficient (Wildman–Crippen LogP) is 2.59. The van der Waals surface area contributed by atoms with Crippen LogP contribution in [-0.4, -0.2) is 34.3 Å². The topological polar surface area (TPSA) is 73.2 Å². The van der Waals surface area contributed by atoms with Crippen LogP contribution in [0.1, 0.15) is 10.4 Å². The second-order valence-corrected chi connectivity index (χ2v) is 5.69. The molecule has 6 nitrogen and oxygen atoms in total. The number of thioether (sulfide) groups is 1. The smallest absolute Gasteiger partial charge is 0.337 e. The van der Waals surface area contributed by atoms with Crippen molar-refractivity contribution in [3.63, 3.8) is 0 Å². The molecule has 0 aliphatic heterocycles. The third kappa shape index (κ3) is 4.02. The summed E-state index contributed by atoms with van der Waals surface area (Å²) in [4.78, 5) is 27.6. The summed E-state index contributed by atoms with van der Waals surface area (Å²) in [7, 11) is 3.14. The van der Waals surface area contributed by atoms with Gasteiger partial charge in [0.1, 0.15) is 0 Å². The fourth-order valence-electron chi connectivity index (χ4n) is 1.67. The zero-order valence-corrected chi connectivity index (χ0v) is 13.6. The number of nitrogens with one attached hydrogen (secondary N) is 1. The monoisotopic (exact) mass is 339 g/mol. The molecule has 0 fully saturated rings. The van der Waals surface area contributed by atoms with Crippen molar-refractivity contribution in [1.82, 2.24) is 9.55 Å². The highest BCUT2D eigenvalue weighted by Gasteiger charge is 2.12. The molecule has 0 atom stereocenters. The van der Waals surface area contributed by atoms with E-state index in [0.29, 0.717) is 16.3 Å². The van der Waals surface area contributed by atoms with Gasteiger partial charge in [0.25, 0.3) is 0 Å². The van der Waals surface area contributed by atoms with Crippen molar-refractivity contribution in [3.8, 4) is 0 Å². The number of aromatic nitrogens is 2. The molecule has 0 saturated heterocycles. The summed E-state index contributed by atoms with van der Waals surface area (Å²) in [6, 6.07) is 4.55. The van der Waals surface area contributed by atoms with Crippen molar-refractivity contribution in [2.24, 2.45) is 7.05 Å². The van der Waals surface area contributed by atoms with Crippen molar-refractivity contribution in [2.75, 3.05) is 18.2 Å². The van der Waals surface area contributed by atoms with Crippen LogP contribution in [0.15, 0.2) is 35.7 Å². The molecular weight excluding hydrogens is 326 g/mol. The second kappa shape index (κ2) is 7.33. The number of hydrogen-bond donors (Lipinski definition) is 1. The standard InChI is InChI=1S/C14H14ClN3O3S/c1-18-6-5-16-14(18)22-8-12(19)17-11-7-9(13(20)21-2)3-4-10(11)15/h3-7H,8H2,1-2H3,(H,17,19). The molecule has 22 heavy (non-hydrogen) atoms. The molecule has 1 amide bonds. The maximum Gasteiger partial charge on any atom is 0.337 e. The molecule has 1 heterocycles. The first-order valence-corrected chi connectivity index (χ1v) is 7.65. The van der Waals surface area contributed by atoms with E-state index < -0.39 is 5.97 Å². The first-order chi connectivity index (χ1) is 10.5. The van der Waals surface area contributed by atoms with E-state index in [1.165, 1.54) is 37.1 Å². The number of esters is 1. The third-order valence-corrected chi connectivity index (χ3v) is 4.16. The number of hydrogen-bond acceptors (Lipinski definition) is 5. The van der Waals surface area contributed by atoms with E-state index in [-0.39, 0.29) is 11.7 Å². The molecule has 0 radical (unpaired) electrons. The van der Waals surface area contributed by atoms with Crippen LogP contribution >= 0.6 is 23.4 Å². The number of rotatable bonds is 5. The highest BCUT2D eigenvalue weighted by atomic mass is 35.5. The second-order valence-electron chi connectivity index (χ2n) is 4.34. The summed E-state index contributed by atoms with van der Waals surface area (Å²) in [6.45, 7) is 0. The van der Waals surface area contributed by atoms with E-state index in [9.17, 15) is 9.59 Å². The Labute approximate surface area is 136 Å². The van der Waals surface area contributed by atoms with Crippen molar-refractivity contribution < 1.29 is 14.3 Å². The van der Waals surface area contributed by atoms with Crippen molar-refractivity contribution >= 4 is 40.9 Å². The van der Waals surface area contributed by atoms with Crippen molar-refractivity contribution in [3.05, 3.63) is 41.2 Å². The van der Waals surface area contributed by atoms with Crippen LogP contribution in [0.3, 0.4) is 0 Å². The van der Waals surface area contributed by atoms with Gasteiger partial charge in [-0.25, -0.2) is 9.78 Å². The van der Waals surface area contributed by atoms with Gasteiger partial charge in [-0.2, -0.15) is 0 Å². The molecule has 1 aromatic carbocycles. The SMILES string of the molecule is COC(=O)c1ccc(Cl)c(NC(=O)CSc2nccn2C)c1. The van der Waals surface area contributed by atoms with E-state index in [1.54, 1.807) is 12.4 Å². The summed E-state index contributed by atoms with van der Waals surface area (Å²) in [5.74, 6) is -0.546. The number of methoxy groups -OCH3 is 1. The van der Waals surface area contributed by atoms with E-state index in [4.69, 9.17) is 11.6 Å². The molecular formula is C14H14ClN3O3S. The third-order valence-electron chi connectivity index (χ3n) is 2.77. The maximum atomic E-state index is 12.0. The lowest BCUT2D eigenvalue weighted by Crippen LogP contribution is -2.15. The Hall–Kier alpha value is -1.99. The van der Waals surface area contributed by atoms with Crippen LogP contribution < -0.4 is 5.32 Å². The Bertz CT molecular complexity index is 702. The van der Waals surface area contributed by atoms with Gasteiger partial charge < -0.3 is 14.6 Å². The summed E-state index contributed by atoms with van der Waals surface area (Å²) in [5.41, 5.74) is 0.689.